The Bertz CT molecular complexity index is 952. The van der Waals surface area contributed by atoms with Crippen LogP contribution in [-0.2, 0) is 11.3 Å². The molecule has 2 atom stereocenters. The number of nitriles is 1. The Morgan fingerprint density at radius 3 is 3.03 bits per heavy atom. The van der Waals surface area contributed by atoms with Gasteiger partial charge >= 0.3 is 5.97 Å². The zero-order chi connectivity index (χ0) is 20.4. The highest BCUT2D eigenvalue weighted by molar-refractivity contribution is 5.93. The summed E-state index contributed by atoms with van der Waals surface area (Å²) in [6.45, 7) is 4.38. The van der Waals surface area contributed by atoms with Crippen LogP contribution in [0.1, 0.15) is 51.6 Å². The van der Waals surface area contributed by atoms with E-state index in [-0.39, 0.29) is 18.6 Å². The van der Waals surface area contributed by atoms with Gasteiger partial charge in [-0.05, 0) is 49.1 Å². The Labute approximate surface area is 169 Å². The largest absolute Gasteiger partial charge is 0.457 e. The number of ether oxygens (including phenoxy) is 1. The van der Waals surface area contributed by atoms with Gasteiger partial charge in [0.05, 0.1) is 17.2 Å². The molecule has 0 saturated carbocycles. The molecule has 2 aliphatic rings. The fourth-order valence-electron chi connectivity index (χ4n) is 4.11. The highest BCUT2D eigenvalue weighted by Gasteiger charge is 2.26. The minimum atomic E-state index is -0.653. The van der Waals surface area contributed by atoms with Crippen molar-refractivity contribution >= 4 is 11.8 Å². The molecule has 0 radical (unpaired) electrons. The number of anilines is 1. The molecule has 29 heavy (non-hydrogen) atoms. The van der Waals surface area contributed by atoms with Crippen LogP contribution in [0.15, 0.2) is 30.5 Å². The maximum Gasteiger partial charge on any atom is 0.338 e. The van der Waals surface area contributed by atoms with Gasteiger partial charge in [-0.1, -0.05) is 6.07 Å². The monoisotopic (exact) mass is 392 g/mol. The van der Waals surface area contributed by atoms with Crippen molar-refractivity contribution in [1.82, 2.24) is 10.3 Å². The number of benzene rings is 1. The van der Waals surface area contributed by atoms with Gasteiger partial charge in [-0.25, -0.2) is 9.78 Å². The maximum absolute atomic E-state index is 11.7. The van der Waals surface area contributed by atoms with Crippen molar-refractivity contribution in [3.05, 3.63) is 58.3 Å². The number of aliphatic hydroxyl groups excluding tert-OH is 1. The van der Waals surface area contributed by atoms with Crippen molar-refractivity contribution in [3.63, 3.8) is 0 Å². The van der Waals surface area contributed by atoms with Crippen LogP contribution in [0.5, 0.6) is 0 Å². The molecule has 2 N–H and O–H groups in total. The van der Waals surface area contributed by atoms with Crippen LogP contribution in [0, 0.1) is 18.3 Å². The fraction of sp³-hybridized carbons (Fsp3) is 0.409. The summed E-state index contributed by atoms with van der Waals surface area (Å²) >= 11 is 0. The number of hydrogen-bond acceptors (Lipinski definition) is 7. The van der Waals surface area contributed by atoms with E-state index >= 15 is 0 Å². The van der Waals surface area contributed by atoms with Crippen LogP contribution in [-0.4, -0.2) is 41.7 Å². The molecule has 150 valence electrons. The normalized spacial score (nSPS) is 19.4. The molecule has 7 heteroatoms. The summed E-state index contributed by atoms with van der Waals surface area (Å²) in [5.41, 5.74) is 3.79. The third-order valence-electron chi connectivity index (χ3n) is 5.79. The Kier molecular flexibility index (Phi) is 5.47. The van der Waals surface area contributed by atoms with E-state index < -0.39 is 6.10 Å². The number of cyclic esters (lactones) is 1. The SMILES string of the molecule is Cc1c([C@H](O)CNC2CCCN(c3ccc(C#N)cn3)C2)ccc2c1COC2=O. The molecule has 0 amide bonds. The number of nitrogens with zero attached hydrogens (tertiary/aromatic N) is 3. The third-order valence-corrected chi connectivity index (χ3v) is 5.79. The number of pyridine rings is 1. The summed E-state index contributed by atoms with van der Waals surface area (Å²) in [5.74, 6) is 0.580. The van der Waals surface area contributed by atoms with Crippen LogP contribution in [0.4, 0.5) is 5.82 Å². The molecule has 3 heterocycles. The highest BCUT2D eigenvalue weighted by Crippen LogP contribution is 2.29. The fourth-order valence-corrected chi connectivity index (χ4v) is 4.11. The van der Waals surface area contributed by atoms with Gasteiger partial charge in [0.1, 0.15) is 18.5 Å². The van der Waals surface area contributed by atoms with E-state index in [0.29, 0.717) is 17.7 Å². The lowest BCUT2D eigenvalue weighted by Crippen LogP contribution is -2.47. The van der Waals surface area contributed by atoms with E-state index in [9.17, 15) is 9.90 Å². The van der Waals surface area contributed by atoms with E-state index in [2.05, 4.69) is 21.3 Å². The number of aromatic nitrogens is 1. The quantitative estimate of drug-likeness (QED) is 0.753. The summed E-state index contributed by atoms with van der Waals surface area (Å²) in [4.78, 5) is 18.3. The first-order chi connectivity index (χ1) is 14.1. The van der Waals surface area contributed by atoms with Crippen molar-refractivity contribution in [2.45, 2.75) is 38.5 Å². The van der Waals surface area contributed by atoms with Crippen molar-refractivity contribution in [3.8, 4) is 6.07 Å². The summed E-state index contributed by atoms with van der Waals surface area (Å²) in [6.07, 6.45) is 3.01. The molecule has 4 rings (SSSR count). The molecule has 1 saturated heterocycles. The van der Waals surface area contributed by atoms with Crippen molar-refractivity contribution in [2.75, 3.05) is 24.5 Å². The van der Waals surface area contributed by atoms with Gasteiger partial charge in [0.2, 0.25) is 0 Å². The number of fused-ring (bicyclic) bond motifs is 1. The molecule has 1 unspecified atom stereocenters. The Hall–Kier alpha value is -2.95. The molecule has 2 aromatic rings. The average Bonchev–Trinajstić information content (AvgIpc) is 3.14. The van der Waals surface area contributed by atoms with Crippen LogP contribution >= 0.6 is 0 Å². The van der Waals surface area contributed by atoms with Gasteiger partial charge in [0.25, 0.3) is 0 Å². The second-order valence-electron chi connectivity index (χ2n) is 7.61. The lowest BCUT2D eigenvalue weighted by Gasteiger charge is -2.34. The first-order valence-electron chi connectivity index (χ1n) is 9.89. The minimum absolute atomic E-state index is 0.246. The highest BCUT2D eigenvalue weighted by atomic mass is 16.5. The number of esters is 1. The standard InChI is InChI=1S/C22H24N4O3/c1-14-17(5-6-18-19(14)13-29-22(18)28)20(27)11-24-16-3-2-8-26(12-16)21-7-4-15(9-23)10-25-21/h4-7,10,16,20,24,27H,2-3,8,11-13H2,1H3/t16?,20-/m1/s1. The van der Waals surface area contributed by atoms with Crippen LogP contribution in [0.2, 0.25) is 0 Å². The summed E-state index contributed by atoms with van der Waals surface area (Å²) < 4.78 is 5.10. The number of carbonyl (C=O) groups is 1. The zero-order valence-corrected chi connectivity index (χ0v) is 16.4. The van der Waals surface area contributed by atoms with Crippen molar-refractivity contribution in [2.24, 2.45) is 0 Å². The Morgan fingerprint density at radius 2 is 2.28 bits per heavy atom. The number of rotatable bonds is 5. The average molecular weight is 392 g/mol. The molecule has 1 aromatic carbocycles. The Balaban J connectivity index is 1.37. The zero-order valence-electron chi connectivity index (χ0n) is 16.4. The molecule has 2 aliphatic heterocycles. The van der Waals surface area contributed by atoms with E-state index in [1.165, 1.54) is 0 Å². The molecule has 1 aromatic heterocycles. The second kappa shape index (κ2) is 8.19. The van der Waals surface area contributed by atoms with E-state index in [4.69, 9.17) is 10.00 Å². The van der Waals surface area contributed by atoms with E-state index in [1.807, 2.05) is 19.1 Å². The predicted molar refractivity (Wildman–Crippen MR) is 107 cm³/mol. The first kappa shape index (κ1) is 19.4. The second-order valence-corrected chi connectivity index (χ2v) is 7.61. The lowest BCUT2D eigenvalue weighted by molar-refractivity contribution is 0.0535. The predicted octanol–water partition coefficient (Wildman–Crippen LogP) is 2.22. The van der Waals surface area contributed by atoms with Crippen LogP contribution < -0.4 is 10.2 Å². The van der Waals surface area contributed by atoms with Crippen LogP contribution in [0.25, 0.3) is 0 Å². The number of hydrogen-bond donors (Lipinski definition) is 2. The summed E-state index contributed by atoms with van der Waals surface area (Å²) in [6, 6.07) is 9.57. The van der Waals surface area contributed by atoms with Gasteiger partial charge in [0, 0.05) is 37.4 Å². The molecular weight excluding hydrogens is 368 g/mol. The molecule has 7 nitrogen and oxygen atoms in total. The van der Waals surface area contributed by atoms with Crippen molar-refractivity contribution < 1.29 is 14.6 Å². The molecule has 0 spiro atoms. The third kappa shape index (κ3) is 3.95. The Morgan fingerprint density at radius 1 is 1.41 bits per heavy atom. The molecule has 0 aliphatic carbocycles. The smallest absolute Gasteiger partial charge is 0.338 e. The first-order valence-corrected chi connectivity index (χ1v) is 9.89. The lowest BCUT2D eigenvalue weighted by atomic mass is 9.95. The molecule has 1 fully saturated rings. The number of nitrogens with one attached hydrogen (secondary N) is 1. The minimum Gasteiger partial charge on any atom is -0.457 e. The number of aliphatic hydroxyl groups is 1. The number of carbonyl (C=O) groups excluding carboxylic acids is 1. The van der Waals surface area contributed by atoms with Gasteiger partial charge < -0.3 is 20.1 Å². The van der Waals surface area contributed by atoms with Crippen LogP contribution in [0.3, 0.4) is 0 Å². The molecule has 0 bridgehead atoms. The van der Waals surface area contributed by atoms with Gasteiger partial charge in [-0.3, -0.25) is 0 Å². The topological polar surface area (TPSA) is 98.5 Å². The maximum atomic E-state index is 11.7. The van der Waals surface area contributed by atoms with Gasteiger partial charge in [-0.2, -0.15) is 5.26 Å². The molecular formula is C22H24N4O3. The van der Waals surface area contributed by atoms with E-state index in [0.717, 1.165) is 48.4 Å². The van der Waals surface area contributed by atoms with Crippen molar-refractivity contribution in [1.29, 1.82) is 5.26 Å². The number of piperidine rings is 1. The van der Waals surface area contributed by atoms with Gasteiger partial charge in [-0.15, -0.1) is 0 Å². The summed E-state index contributed by atoms with van der Waals surface area (Å²) in [5, 5.41) is 23.1. The van der Waals surface area contributed by atoms with Gasteiger partial charge in [0.15, 0.2) is 0 Å². The van der Waals surface area contributed by atoms with E-state index in [1.54, 1.807) is 18.3 Å². The summed E-state index contributed by atoms with van der Waals surface area (Å²) in [7, 11) is 0.